The van der Waals surface area contributed by atoms with Crippen molar-refractivity contribution in [3.63, 3.8) is 0 Å². The molecule has 0 unspecified atom stereocenters. The maximum Gasteiger partial charge on any atom is 0.317 e. The number of aryl methyl sites for hydroxylation is 2. The number of amides is 2. The van der Waals surface area contributed by atoms with Crippen molar-refractivity contribution >= 4 is 6.03 Å². The summed E-state index contributed by atoms with van der Waals surface area (Å²) in [6.45, 7) is 9.10. The largest absolute Gasteiger partial charge is 0.378 e. The molecule has 24 heavy (non-hydrogen) atoms. The average Bonchev–Trinajstić information content (AvgIpc) is 2.88. The fourth-order valence-corrected chi connectivity index (χ4v) is 3.01. The Hall–Kier alpha value is -2.34. The number of carbonyl (C=O) groups is 1. The molecule has 6 heteroatoms. The van der Waals surface area contributed by atoms with Gasteiger partial charge in [-0.2, -0.15) is 5.10 Å². The van der Waals surface area contributed by atoms with Crippen LogP contribution in [0.1, 0.15) is 22.5 Å². The molecule has 1 aliphatic heterocycles. The van der Waals surface area contributed by atoms with Gasteiger partial charge in [0.15, 0.2) is 0 Å². The molecule has 0 spiro atoms. The van der Waals surface area contributed by atoms with E-state index >= 15 is 0 Å². The van der Waals surface area contributed by atoms with E-state index in [1.54, 1.807) is 4.90 Å². The minimum atomic E-state index is -0.0410. The van der Waals surface area contributed by atoms with Gasteiger partial charge in [0.05, 0.1) is 24.6 Å². The number of nitrogens with zero attached hydrogens (tertiary/aromatic N) is 3. The Labute approximate surface area is 142 Å². The minimum Gasteiger partial charge on any atom is -0.378 e. The molecule has 1 aliphatic rings. The number of hydrogen-bond acceptors (Lipinski definition) is 3. The van der Waals surface area contributed by atoms with Crippen LogP contribution < -0.4 is 5.32 Å². The first kappa shape index (κ1) is 16.5. The Kier molecular flexibility index (Phi) is 4.85. The van der Waals surface area contributed by atoms with Gasteiger partial charge in [-0.15, -0.1) is 0 Å². The third-order valence-electron chi connectivity index (χ3n) is 4.50. The highest BCUT2D eigenvalue weighted by Gasteiger charge is 2.18. The monoisotopic (exact) mass is 328 g/mol. The molecule has 2 aromatic rings. The zero-order chi connectivity index (χ0) is 17.1. The van der Waals surface area contributed by atoms with Gasteiger partial charge in [0, 0.05) is 30.9 Å². The van der Waals surface area contributed by atoms with E-state index in [2.05, 4.69) is 29.5 Å². The van der Waals surface area contributed by atoms with E-state index in [4.69, 9.17) is 4.74 Å². The third kappa shape index (κ3) is 3.28. The van der Waals surface area contributed by atoms with Gasteiger partial charge in [0.2, 0.25) is 0 Å². The number of ether oxygens (including phenoxy) is 1. The first-order valence-electron chi connectivity index (χ1n) is 8.29. The van der Waals surface area contributed by atoms with Crippen molar-refractivity contribution in [1.29, 1.82) is 0 Å². The van der Waals surface area contributed by atoms with Gasteiger partial charge < -0.3 is 15.0 Å². The topological polar surface area (TPSA) is 59.4 Å². The van der Waals surface area contributed by atoms with Gasteiger partial charge in [-0.1, -0.05) is 18.2 Å². The number of morpholine rings is 1. The fraction of sp³-hybridized carbons (Fsp3) is 0.444. The molecule has 3 rings (SSSR count). The number of aromatic nitrogens is 2. The first-order valence-corrected chi connectivity index (χ1v) is 8.29. The van der Waals surface area contributed by atoms with Crippen molar-refractivity contribution in [3.8, 4) is 5.69 Å². The summed E-state index contributed by atoms with van der Waals surface area (Å²) in [4.78, 5) is 14.0. The molecule has 6 nitrogen and oxygen atoms in total. The summed E-state index contributed by atoms with van der Waals surface area (Å²) in [7, 11) is 0. The SMILES string of the molecule is Cc1ccccc1-n1nc(C)c(CNC(=O)N2CCOCC2)c1C. The Morgan fingerprint density at radius 2 is 1.92 bits per heavy atom. The van der Waals surface area contributed by atoms with Gasteiger partial charge in [-0.05, 0) is 32.4 Å². The van der Waals surface area contributed by atoms with Crippen molar-refractivity contribution in [1.82, 2.24) is 20.0 Å². The Balaban J connectivity index is 1.75. The number of urea groups is 1. The summed E-state index contributed by atoms with van der Waals surface area (Å²) in [5, 5.41) is 7.67. The van der Waals surface area contributed by atoms with Crippen molar-refractivity contribution < 1.29 is 9.53 Å². The lowest BCUT2D eigenvalue weighted by Gasteiger charge is -2.26. The first-order chi connectivity index (χ1) is 11.6. The molecule has 1 saturated heterocycles. The van der Waals surface area contributed by atoms with E-state index in [1.807, 2.05) is 30.7 Å². The lowest BCUT2D eigenvalue weighted by atomic mass is 10.1. The van der Waals surface area contributed by atoms with Gasteiger partial charge >= 0.3 is 6.03 Å². The number of benzene rings is 1. The summed E-state index contributed by atoms with van der Waals surface area (Å²) in [6.07, 6.45) is 0. The van der Waals surface area contributed by atoms with Crippen LogP contribution >= 0.6 is 0 Å². The zero-order valence-corrected chi connectivity index (χ0v) is 14.5. The van der Waals surface area contributed by atoms with Gasteiger partial charge in [-0.25, -0.2) is 9.48 Å². The fourth-order valence-electron chi connectivity index (χ4n) is 3.01. The highest BCUT2D eigenvalue weighted by Crippen LogP contribution is 2.20. The Morgan fingerprint density at radius 3 is 2.62 bits per heavy atom. The van der Waals surface area contributed by atoms with E-state index in [0.717, 1.165) is 22.6 Å². The molecule has 128 valence electrons. The maximum atomic E-state index is 12.3. The van der Waals surface area contributed by atoms with E-state index in [0.29, 0.717) is 32.8 Å². The molecular formula is C18H24N4O2. The maximum absolute atomic E-state index is 12.3. The summed E-state index contributed by atoms with van der Waals surface area (Å²) in [5.74, 6) is 0. The molecule has 0 radical (unpaired) electrons. The molecule has 0 atom stereocenters. The van der Waals surface area contributed by atoms with Crippen LogP contribution in [0.5, 0.6) is 0 Å². The molecule has 2 amide bonds. The van der Waals surface area contributed by atoms with Crippen LogP contribution in [-0.4, -0.2) is 47.0 Å². The second-order valence-corrected chi connectivity index (χ2v) is 6.11. The lowest BCUT2D eigenvalue weighted by molar-refractivity contribution is 0.0531. The number of nitrogens with one attached hydrogen (secondary N) is 1. The summed E-state index contributed by atoms with van der Waals surface area (Å²) in [5.41, 5.74) is 5.32. The van der Waals surface area contributed by atoms with E-state index < -0.39 is 0 Å². The molecule has 1 aromatic carbocycles. The second-order valence-electron chi connectivity index (χ2n) is 6.11. The third-order valence-corrected chi connectivity index (χ3v) is 4.50. The lowest BCUT2D eigenvalue weighted by Crippen LogP contribution is -2.46. The van der Waals surface area contributed by atoms with Crippen LogP contribution in [0.25, 0.3) is 5.69 Å². The van der Waals surface area contributed by atoms with Crippen LogP contribution in [0.15, 0.2) is 24.3 Å². The van der Waals surface area contributed by atoms with Crippen molar-refractivity contribution in [3.05, 3.63) is 46.8 Å². The molecule has 1 N–H and O–H groups in total. The molecular weight excluding hydrogens is 304 g/mol. The zero-order valence-electron chi connectivity index (χ0n) is 14.5. The van der Waals surface area contributed by atoms with Gasteiger partial charge in [0.1, 0.15) is 0 Å². The van der Waals surface area contributed by atoms with E-state index in [1.165, 1.54) is 5.56 Å². The summed E-state index contributed by atoms with van der Waals surface area (Å²) >= 11 is 0. The van der Waals surface area contributed by atoms with Crippen molar-refractivity contribution in [2.45, 2.75) is 27.3 Å². The molecule has 0 saturated carbocycles. The quantitative estimate of drug-likeness (QED) is 0.941. The smallest absolute Gasteiger partial charge is 0.317 e. The Morgan fingerprint density at radius 1 is 1.21 bits per heavy atom. The molecule has 0 aliphatic carbocycles. The molecule has 1 fully saturated rings. The predicted octanol–water partition coefficient (Wildman–Crippen LogP) is 2.34. The number of carbonyl (C=O) groups excluding carboxylic acids is 1. The summed E-state index contributed by atoms with van der Waals surface area (Å²) in [6, 6.07) is 8.13. The number of rotatable bonds is 3. The number of para-hydroxylation sites is 1. The van der Waals surface area contributed by atoms with Gasteiger partial charge in [-0.3, -0.25) is 0 Å². The molecule has 2 heterocycles. The minimum absolute atomic E-state index is 0.0410. The number of hydrogen-bond donors (Lipinski definition) is 1. The van der Waals surface area contributed by atoms with E-state index in [9.17, 15) is 4.79 Å². The highest BCUT2D eigenvalue weighted by molar-refractivity contribution is 5.74. The standard InChI is InChI=1S/C18H24N4O2/c1-13-6-4-5-7-17(13)22-15(3)16(14(2)20-22)12-19-18(23)21-8-10-24-11-9-21/h4-7H,8-12H2,1-3H3,(H,19,23). The van der Waals surface area contributed by atoms with Crippen molar-refractivity contribution in [2.24, 2.45) is 0 Å². The van der Waals surface area contributed by atoms with Crippen LogP contribution in [0.3, 0.4) is 0 Å². The molecule has 0 bridgehead atoms. The highest BCUT2D eigenvalue weighted by atomic mass is 16.5. The van der Waals surface area contributed by atoms with Crippen LogP contribution in [-0.2, 0) is 11.3 Å². The van der Waals surface area contributed by atoms with Crippen LogP contribution in [0.4, 0.5) is 4.79 Å². The van der Waals surface area contributed by atoms with Crippen molar-refractivity contribution in [2.75, 3.05) is 26.3 Å². The average molecular weight is 328 g/mol. The summed E-state index contributed by atoms with van der Waals surface area (Å²) < 4.78 is 7.24. The van der Waals surface area contributed by atoms with Crippen LogP contribution in [0.2, 0.25) is 0 Å². The second kappa shape index (κ2) is 7.05. The van der Waals surface area contributed by atoms with Crippen LogP contribution in [0, 0.1) is 20.8 Å². The van der Waals surface area contributed by atoms with Gasteiger partial charge in [0.25, 0.3) is 0 Å². The predicted molar refractivity (Wildman–Crippen MR) is 92.4 cm³/mol. The molecule has 1 aromatic heterocycles. The Bertz CT molecular complexity index is 733. The van der Waals surface area contributed by atoms with E-state index in [-0.39, 0.29) is 6.03 Å². The normalized spacial score (nSPS) is 14.7.